The second-order valence-electron chi connectivity index (χ2n) is 6.99. The third kappa shape index (κ3) is 5.05. The lowest BCUT2D eigenvalue weighted by atomic mass is 10.1. The van der Waals surface area contributed by atoms with Crippen LogP contribution in [-0.4, -0.2) is 16.8 Å². The summed E-state index contributed by atoms with van der Waals surface area (Å²) in [6, 6.07) is 24.4. The number of fused-ring (bicyclic) bond motifs is 1. The van der Waals surface area contributed by atoms with Crippen LogP contribution in [-0.2, 0) is 4.79 Å². The molecule has 2 N–H and O–H groups in total. The number of hydrogen-bond acceptors (Lipinski definition) is 4. The van der Waals surface area contributed by atoms with Crippen LogP contribution in [0.25, 0.3) is 16.3 Å². The van der Waals surface area contributed by atoms with E-state index in [0.717, 1.165) is 20.8 Å². The van der Waals surface area contributed by atoms with Crippen LogP contribution < -0.4 is 10.6 Å². The molecule has 0 aliphatic heterocycles. The molecule has 0 saturated heterocycles. The summed E-state index contributed by atoms with van der Waals surface area (Å²) < 4.78 is 1.07. The van der Waals surface area contributed by atoms with Gasteiger partial charge in [-0.1, -0.05) is 54.6 Å². The number of rotatable bonds is 6. The molecule has 1 aromatic heterocycles. The number of hydrogen-bond donors (Lipinski definition) is 2. The van der Waals surface area contributed by atoms with Gasteiger partial charge in [-0.05, 0) is 42.8 Å². The first-order valence-electron chi connectivity index (χ1n) is 9.89. The van der Waals surface area contributed by atoms with E-state index in [4.69, 9.17) is 0 Å². The van der Waals surface area contributed by atoms with Gasteiger partial charge in [-0.25, -0.2) is 4.98 Å². The number of para-hydroxylation sites is 2. The Morgan fingerprint density at radius 1 is 0.935 bits per heavy atom. The molecule has 6 heteroatoms. The molecule has 154 valence electrons. The highest BCUT2D eigenvalue weighted by Gasteiger charge is 2.15. The molecule has 1 atom stereocenters. The fraction of sp³-hybridized carbons (Fsp3) is 0.0800. The average Bonchev–Trinajstić information content (AvgIpc) is 3.22. The summed E-state index contributed by atoms with van der Waals surface area (Å²) in [4.78, 5) is 29.8. The fourth-order valence-corrected chi connectivity index (χ4v) is 4.04. The first kappa shape index (κ1) is 20.5. The predicted molar refractivity (Wildman–Crippen MR) is 126 cm³/mol. The van der Waals surface area contributed by atoms with E-state index in [2.05, 4.69) is 15.6 Å². The SMILES string of the molecule is CC(NC(=O)c1ccccc1NC(=O)/C=C/c1nc2ccccc2s1)c1ccccc1. The maximum absolute atomic E-state index is 12.8. The first-order valence-corrected chi connectivity index (χ1v) is 10.7. The molecule has 0 fully saturated rings. The van der Waals surface area contributed by atoms with E-state index in [1.54, 1.807) is 30.3 Å². The third-order valence-electron chi connectivity index (χ3n) is 4.76. The van der Waals surface area contributed by atoms with Gasteiger partial charge in [-0.3, -0.25) is 9.59 Å². The van der Waals surface area contributed by atoms with E-state index in [0.29, 0.717) is 11.3 Å². The summed E-state index contributed by atoms with van der Waals surface area (Å²) in [5.74, 6) is -0.571. The molecule has 1 heterocycles. The summed E-state index contributed by atoms with van der Waals surface area (Å²) in [7, 11) is 0. The standard InChI is InChI=1S/C25H21N3O2S/c1-17(18-9-3-2-4-10-18)26-25(30)19-11-5-6-12-20(19)27-23(29)15-16-24-28-21-13-7-8-14-22(21)31-24/h2-17H,1H3,(H,26,30)(H,27,29)/b16-15+. The zero-order valence-electron chi connectivity index (χ0n) is 16.9. The third-order valence-corrected chi connectivity index (χ3v) is 5.77. The highest BCUT2D eigenvalue weighted by molar-refractivity contribution is 7.19. The Balaban J connectivity index is 1.45. The van der Waals surface area contributed by atoms with Crippen molar-refractivity contribution in [3.8, 4) is 0 Å². The lowest BCUT2D eigenvalue weighted by molar-refractivity contribution is -0.111. The van der Waals surface area contributed by atoms with Crippen LogP contribution in [0.2, 0.25) is 0 Å². The van der Waals surface area contributed by atoms with E-state index in [1.165, 1.54) is 17.4 Å². The Morgan fingerprint density at radius 2 is 1.65 bits per heavy atom. The predicted octanol–water partition coefficient (Wildman–Crippen LogP) is 5.44. The number of carbonyl (C=O) groups is 2. The molecule has 0 saturated carbocycles. The minimum absolute atomic E-state index is 0.156. The number of aromatic nitrogens is 1. The Labute approximate surface area is 184 Å². The number of thiazole rings is 1. The molecule has 31 heavy (non-hydrogen) atoms. The van der Waals surface area contributed by atoms with Crippen molar-refractivity contribution in [1.29, 1.82) is 0 Å². The fourth-order valence-electron chi connectivity index (χ4n) is 3.17. The lowest BCUT2D eigenvalue weighted by Crippen LogP contribution is -2.27. The van der Waals surface area contributed by atoms with E-state index in [1.807, 2.05) is 61.5 Å². The van der Waals surface area contributed by atoms with Crippen LogP contribution in [0.15, 0.2) is 84.9 Å². The van der Waals surface area contributed by atoms with Crippen molar-refractivity contribution in [2.45, 2.75) is 13.0 Å². The molecule has 0 aliphatic rings. The van der Waals surface area contributed by atoms with Gasteiger partial charge in [0.2, 0.25) is 5.91 Å². The van der Waals surface area contributed by atoms with Crippen LogP contribution in [0.4, 0.5) is 5.69 Å². The molecule has 0 spiro atoms. The summed E-state index contributed by atoms with van der Waals surface area (Å²) in [5.41, 5.74) is 2.78. The average molecular weight is 428 g/mol. The molecular formula is C25H21N3O2S. The Hall–Kier alpha value is -3.77. The van der Waals surface area contributed by atoms with Crippen molar-refractivity contribution in [3.05, 3.63) is 101 Å². The maximum atomic E-state index is 12.8. The van der Waals surface area contributed by atoms with Crippen LogP contribution in [0.5, 0.6) is 0 Å². The van der Waals surface area contributed by atoms with Crippen molar-refractivity contribution < 1.29 is 9.59 Å². The van der Waals surface area contributed by atoms with Crippen molar-refractivity contribution in [3.63, 3.8) is 0 Å². The lowest BCUT2D eigenvalue weighted by Gasteiger charge is -2.16. The number of nitrogens with zero attached hydrogens (tertiary/aromatic N) is 1. The molecule has 0 radical (unpaired) electrons. The molecule has 0 bridgehead atoms. The monoisotopic (exact) mass is 427 g/mol. The number of nitrogens with one attached hydrogen (secondary N) is 2. The Morgan fingerprint density at radius 3 is 2.45 bits per heavy atom. The molecule has 5 nitrogen and oxygen atoms in total. The zero-order chi connectivity index (χ0) is 21.6. The number of amides is 2. The van der Waals surface area contributed by atoms with Crippen LogP contribution in [0, 0.1) is 0 Å². The highest BCUT2D eigenvalue weighted by atomic mass is 32.1. The van der Waals surface area contributed by atoms with Crippen LogP contribution in [0.1, 0.15) is 33.9 Å². The van der Waals surface area contributed by atoms with Gasteiger partial charge >= 0.3 is 0 Å². The number of carbonyl (C=O) groups excluding carboxylic acids is 2. The second-order valence-corrected chi connectivity index (χ2v) is 8.06. The van der Waals surface area contributed by atoms with Gasteiger partial charge in [0.15, 0.2) is 0 Å². The van der Waals surface area contributed by atoms with Crippen LogP contribution in [0.3, 0.4) is 0 Å². The summed E-state index contributed by atoms with van der Waals surface area (Å²) in [5, 5.41) is 6.53. The minimum Gasteiger partial charge on any atom is -0.345 e. The topological polar surface area (TPSA) is 71.1 Å². The normalized spacial score (nSPS) is 12.0. The van der Waals surface area contributed by atoms with Gasteiger partial charge < -0.3 is 10.6 Å². The first-order chi connectivity index (χ1) is 15.1. The van der Waals surface area contributed by atoms with Crippen molar-refractivity contribution >= 4 is 45.1 Å². The van der Waals surface area contributed by atoms with Crippen molar-refractivity contribution in [1.82, 2.24) is 10.3 Å². The Bertz CT molecular complexity index is 1210. The molecule has 4 aromatic rings. The summed E-state index contributed by atoms with van der Waals surface area (Å²) in [6.07, 6.45) is 3.11. The van der Waals surface area contributed by atoms with E-state index >= 15 is 0 Å². The summed E-state index contributed by atoms with van der Waals surface area (Å²) >= 11 is 1.52. The molecule has 1 unspecified atom stereocenters. The quantitative estimate of drug-likeness (QED) is 0.403. The largest absolute Gasteiger partial charge is 0.345 e. The molecule has 2 amide bonds. The minimum atomic E-state index is -0.324. The van der Waals surface area contributed by atoms with Gasteiger partial charge in [0.05, 0.1) is 27.5 Å². The van der Waals surface area contributed by atoms with Crippen molar-refractivity contribution in [2.75, 3.05) is 5.32 Å². The number of anilines is 1. The maximum Gasteiger partial charge on any atom is 0.253 e. The van der Waals surface area contributed by atoms with Gasteiger partial charge in [0, 0.05) is 6.08 Å². The molecule has 0 aliphatic carbocycles. The zero-order valence-corrected chi connectivity index (χ0v) is 17.7. The smallest absolute Gasteiger partial charge is 0.253 e. The molecule has 3 aromatic carbocycles. The Kier molecular flexibility index (Phi) is 6.19. The number of benzene rings is 3. The van der Waals surface area contributed by atoms with Crippen LogP contribution >= 0.6 is 11.3 Å². The second kappa shape index (κ2) is 9.36. The van der Waals surface area contributed by atoms with Gasteiger partial charge in [-0.2, -0.15) is 0 Å². The summed E-state index contributed by atoms with van der Waals surface area (Å²) in [6.45, 7) is 1.93. The van der Waals surface area contributed by atoms with E-state index in [-0.39, 0.29) is 17.9 Å². The molecule has 4 rings (SSSR count). The highest BCUT2D eigenvalue weighted by Crippen LogP contribution is 2.23. The van der Waals surface area contributed by atoms with Gasteiger partial charge in [-0.15, -0.1) is 11.3 Å². The van der Waals surface area contributed by atoms with E-state index in [9.17, 15) is 9.59 Å². The molecular weight excluding hydrogens is 406 g/mol. The van der Waals surface area contributed by atoms with Gasteiger partial charge in [0.1, 0.15) is 5.01 Å². The van der Waals surface area contributed by atoms with Gasteiger partial charge in [0.25, 0.3) is 5.91 Å². The van der Waals surface area contributed by atoms with Crippen molar-refractivity contribution in [2.24, 2.45) is 0 Å². The van der Waals surface area contributed by atoms with E-state index < -0.39 is 0 Å².